The summed E-state index contributed by atoms with van der Waals surface area (Å²) in [6.45, 7) is 4.70. The number of ketones is 2. The first-order valence-corrected chi connectivity index (χ1v) is 10.2. The third kappa shape index (κ3) is 2.74. The second kappa shape index (κ2) is 7.12. The largest absolute Gasteiger partial charge is 0.362 e. The molecule has 5 rings (SSSR count). The maximum atomic E-state index is 13.6. The molecular weight excluding hydrogens is 376 g/mol. The van der Waals surface area contributed by atoms with Gasteiger partial charge in [0.15, 0.2) is 0 Å². The highest BCUT2D eigenvalue weighted by Gasteiger charge is 2.47. The van der Waals surface area contributed by atoms with Crippen LogP contribution in [0.4, 0.5) is 5.69 Å². The number of allylic oxidation sites excluding steroid dienone is 2. The van der Waals surface area contributed by atoms with Gasteiger partial charge in [-0.15, -0.1) is 0 Å². The van der Waals surface area contributed by atoms with E-state index in [1.54, 1.807) is 24.3 Å². The molecule has 0 saturated carbocycles. The van der Waals surface area contributed by atoms with Crippen LogP contribution in [-0.2, 0) is 0 Å². The van der Waals surface area contributed by atoms with E-state index >= 15 is 0 Å². The molecule has 1 saturated heterocycles. The molecule has 6 heteroatoms. The zero-order valence-electron chi connectivity index (χ0n) is 16.8. The van der Waals surface area contributed by atoms with Gasteiger partial charge in [-0.1, -0.05) is 42.0 Å². The van der Waals surface area contributed by atoms with Gasteiger partial charge in [-0.05, 0) is 19.1 Å². The molecule has 0 amide bonds. The van der Waals surface area contributed by atoms with Crippen LogP contribution in [0, 0.1) is 18.3 Å². The van der Waals surface area contributed by atoms with Crippen molar-refractivity contribution in [1.82, 2.24) is 9.80 Å². The number of hydrogen-bond acceptors (Lipinski definition) is 6. The number of aryl methyl sites for hydroxylation is 1. The molecule has 0 aromatic heterocycles. The van der Waals surface area contributed by atoms with Crippen LogP contribution in [0.5, 0.6) is 0 Å². The van der Waals surface area contributed by atoms with Crippen LogP contribution in [0.1, 0.15) is 32.7 Å². The van der Waals surface area contributed by atoms with Gasteiger partial charge in [0.2, 0.25) is 11.6 Å². The van der Waals surface area contributed by atoms with E-state index in [-0.39, 0.29) is 17.7 Å². The molecule has 0 N–H and O–H groups in total. The minimum Gasteiger partial charge on any atom is -0.362 e. The van der Waals surface area contributed by atoms with Gasteiger partial charge in [-0.25, -0.2) is 0 Å². The second-order valence-electron chi connectivity index (χ2n) is 7.98. The van der Waals surface area contributed by atoms with Crippen molar-refractivity contribution >= 4 is 17.3 Å². The maximum absolute atomic E-state index is 13.6. The number of carbonyl (C=O) groups is 2. The Morgan fingerprint density at radius 1 is 0.967 bits per heavy atom. The van der Waals surface area contributed by atoms with E-state index in [1.807, 2.05) is 36.1 Å². The lowest BCUT2D eigenvalue weighted by molar-refractivity contribution is 0.0673. The summed E-state index contributed by atoms with van der Waals surface area (Å²) in [4.78, 5) is 33.4. The molecule has 2 aromatic rings. The Balaban J connectivity index is 1.69. The Morgan fingerprint density at radius 2 is 1.63 bits per heavy atom. The van der Waals surface area contributed by atoms with E-state index in [9.17, 15) is 9.59 Å². The molecule has 1 unspecified atom stereocenters. The predicted octanol–water partition coefficient (Wildman–Crippen LogP) is 2.96. The standard InChI is InChI=1S/C24H22N4O2/c1-16-7-9-17(10-8-16)28-20-15-27(14-13-26(20)12-4-11-25)21-22(28)24(30)19-6-3-2-5-18(19)23(21)29/h2-3,5-10,20H,4,12-15H2,1H3. The molecule has 2 aromatic carbocycles. The molecule has 2 aliphatic heterocycles. The zero-order chi connectivity index (χ0) is 20.8. The zero-order valence-corrected chi connectivity index (χ0v) is 16.8. The van der Waals surface area contributed by atoms with Crippen molar-refractivity contribution in [2.75, 3.05) is 31.1 Å². The van der Waals surface area contributed by atoms with E-state index in [1.165, 1.54) is 0 Å². The smallest absolute Gasteiger partial charge is 0.212 e. The Labute approximate surface area is 175 Å². The number of fused-ring (bicyclic) bond motifs is 4. The van der Waals surface area contributed by atoms with E-state index in [0.717, 1.165) is 17.8 Å². The lowest BCUT2D eigenvalue weighted by atomic mass is 9.86. The van der Waals surface area contributed by atoms with Crippen LogP contribution in [-0.4, -0.2) is 53.7 Å². The van der Waals surface area contributed by atoms with Crippen LogP contribution in [0.15, 0.2) is 59.9 Å². The molecule has 2 heterocycles. The van der Waals surface area contributed by atoms with E-state index in [4.69, 9.17) is 5.26 Å². The monoisotopic (exact) mass is 398 g/mol. The summed E-state index contributed by atoms with van der Waals surface area (Å²) in [5, 5.41) is 9.10. The summed E-state index contributed by atoms with van der Waals surface area (Å²) in [5.74, 6) is -0.196. The number of Topliss-reactive ketones (excluding diaryl/α,β-unsaturated/α-hetero) is 2. The SMILES string of the molecule is Cc1ccc(N2C3=C(C(=O)c4ccccc4C3=O)N3CCN(CCC#N)C2C3)cc1. The number of carbonyl (C=O) groups excluding carboxylic acids is 2. The van der Waals surface area contributed by atoms with Gasteiger partial charge in [0.1, 0.15) is 17.6 Å². The normalized spacial score (nSPS) is 20.7. The second-order valence-corrected chi connectivity index (χ2v) is 7.98. The van der Waals surface area contributed by atoms with Gasteiger partial charge >= 0.3 is 0 Å². The van der Waals surface area contributed by atoms with Crippen molar-refractivity contribution < 1.29 is 9.59 Å². The van der Waals surface area contributed by atoms with Gasteiger partial charge in [-0.3, -0.25) is 14.5 Å². The van der Waals surface area contributed by atoms with Crippen molar-refractivity contribution in [2.45, 2.75) is 19.5 Å². The molecule has 2 bridgehead atoms. The molecule has 3 aliphatic rings. The van der Waals surface area contributed by atoms with Crippen molar-refractivity contribution in [2.24, 2.45) is 0 Å². The highest BCUT2D eigenvalue weighted by molar-refractivity contribution is 6.28. The quantitative estimate of drug-likeness (QED) is 0.792. The number of hydrogen-bond donors (Lipinski definition) is 0. The summed E-state index contributed by atoms with van der Waals surface area (Å²) in [5.41, 5.74) is 3.93. The average molecular weight is 398 g/mol. The number of piperazine rings is 1. The van der Waals surface area contributed by atoms with Crippen molar-refractivity contribution in [3.05, 3.63) is 76.6 Å². The molecule has 30 heavy (non-hydrogen) atoms. The highest BCUT2D eigenvalue weighted by Crippen LogP contribution is 2.39. The first-order chi connectivity index (χ1) is 14.6. The third-order valence-electron chi connectivity index (χ3n) is 6.21. The summed E-state index contributed by atoms with van der Waals surface area (Å²) in [7, 11) is 0. The summed E-state index contributed by atoms with van der Waals surface area (Å²) in [6.07, 6.45) is 0.329. The summed E-state index contributed by atoms with van der Waals surface area (Å²) in [6, 6.07) is 17.4. The van der Waals surface area contributed by atoms with Crippen molar-refractivity contribution in [3.8, 4) is 6.07 Å². The minimum absolute atomic E-state index is 0.0822. The molecule has 150 valence electrons. The lowest BCUT2D eigenvalue weighted by Gasteiger charge is -2.53. The van der Waals surface area contributed by atoms with Gasteiger partial charge < -0.3 is 9.80 Å². The van der Waals surface area contributed by atoms with Crippen LogP contribution >= 0.6 is 0 Å². The van der Waals surface area contributed by atoms with Crippen molar-refractivity contribution in [1.29, 1.82) is 5.26 Å². The molecular formula is C24H22N4O2. The van der Waals surface area contributed by atoms with Crippen molar-refractivity contribution in [3.63, 3.8) is 0 Å². The number of rotatable bonds is 3. The third-order valence-corrected chi connectivity index (χ3v) is 6.21. The van der Waals surface area contributed by atoms with Crippen LogP contribution < -0.4 is 4.90 Å². The molecule has 6 nitrogen and oxygen atoms in total. The average Bonchev–Trinajstić information content (AvgIpc) is 2.77. The number of anilines is 1. The maximum Gasteiger partial charge on any atom is 0.212 e. The number of benzene rings is 2. The fourth-order valence-corrected chi connectivity index (χ4v) is 4.73. The summed E-state index contributed by atoms with van der Waals surface area (Å²) >= 11 is 0. The highest BCUT2D eigenvalue weighted by atomic mass is 16.1. The van der Waals surface area contributed by atoms with Crippen LogP contribution in [0.2, 0.25) is 0 Å². The van der Waals surface area contributed by atoms with Gasteiger partial charge in [0.05, 0.1) is 12.6 Å². The Morgan fingerprint density at radius 3 is 2.30 bits per heavy atom. The fraction of sp³-hybridized carbons (Fsp3) is 0.292. The first kappa shape index (κ1) is 18.6. The van der Waals surface area contributed by atoms with E-state index in [2.05, 4.69) is 15.9 Å². The Hall–Kier alpha value is -3.43. The van der Waals surface area contributed by atoms with Crippen LogP contribution in [0.3, 0.4) is 0 Å². The minimum atomic E-state index is -0.113. The predicted molar refractivity (Wildman–Crippen MR) is 113 cm³/mol. The summed E-state index contributed by atoms with van der Waals surface area (Å²) < 4.78 is 0. The lowest BCUT2D eigenvalue weighted by Crippen LogP contribution is -2.65. The molecule has 0 spiro atoms. The van der Waals surface area contributed by atoms with Gasteiger partial charge in [-0.2, -0.15) is 5.26 Å². The Bertz CT molecular complexity index is 1110. The first-order valence-electron chi connectivity index (χ1n) is 10.2. The van der Waals surface area contributed by atoms with E-state index in [0.29, 0.717) is 48.6 Å². The molecule has 0 radical (unpaired) electrons. The number of nitrogens with zero attached hydrogens (tertiary/aromatic N) is 4. The number of nitriles is 1. The Kier molecular flexibility index (Phi) is 4.41. The molecule has 1 fully saturated rings. The molecule has 1 aliphatic carbocycles. The molecule has 1 atom stereocenters. The van der Waals surface area contributed by atoms with Gasteiger partial charge in [0.25, 0.3) is 0 Å². The van der Waals surface area contributed by atoms with Gasteiger partial charge in [0, 0.05) is 42.9 Å². The fourth-order valence-electron chi connectivity index (χ4n) is 4.73. The van der Waals surface area contributed by atoms with Crippen LogP contribution in [0.25, 0.3) is 0 Å². The van der Waals surface area contributed by atoms with E-state index < -0.39 is 0 Å². The topological polar surface area (TPSA) is 67.7 Å².